The van der Waals surface area contributed by atoms with Crippen LogP contribution in [0.15, 0.2) is 42.5 Å². The normalized spacial score (nSPS) is 14.1. The highest BCUT2D eigenvalue weighted by molar-refractivity contribution is 6.30. The summed E-state index contributed by atoms with van der Waals surface area (Å²) in [4.78, 5) is 12.4. The number of carbonyl (C=O) groups is 1. The molecule has 5 heteroatoms. The highest BCUT2D eigenvalue weighted by Gasteiger charge is 2.18. The smallest absolute Gasteiger partial charge is 0.251 e. The largest absolute Gasteiger partial charge is 0.493 e. The second-order valence-electron chi connectivity index (χ2n) is 5.18. The average molecular weight is 318 g/mol. The molecule has 1 amide bonds. The molecule has 1 heterocycles. The molecule has 0 bridgehead atoms. The first-order valence-electron chi connectivity index (χ1n) is 7.10. The number of aliphatic hydroxyl groups is 1. The van der Waals surface area contributed by atoms with Gasteiger partial charge in [0.25, 0.3) is 5.91 Å². The zero-order valence-corrected chi connectivity index (χ0v) is 12.6. The van der Waals surface area contributed by atoms with Crippen molar-refractivity contribution >= 4 is 17.5 Å². The number of fused-ring (bicyclic) bond motifs is 1. The fourth-order valence-corrected chi connectivity index (χ4v) is 2.62. The summed E-state index contributed by atoms with van der Waals surface area (Å²) in [5.74, 6) is 0.622. The van der Waals surface area contributed by atoms with Gasteiger partial charge in [0.2, 0.25) is 0 Å². The van der Waals surface area contributed by atoms with E-state index in [-0.39, 0.29) is 12.5 Å². The lowest BCUT2D eigenvalue weighted by Crippen LogP contribution is -2.30. The summed E-state index contributed by atoms with van der Waals surface area (Å²) in [6.45, 7) is 0.478. The number of hydrogen-bond acceptors (Lipinski definition) is 3. The molecule has 2 N–H and O–H groups in total. The molecule has 0 fully saturated rings. The lowest BCUT2D eigenvalue weighted by molar-refractivity contribution is 0.0916. The second kappa shape index (κ2) is 6.38. The molecule has 0 aromatic heterocycles. The molecule has 0 aliphatic carbocycles. The van der Waals surface area contributed by atoms with E-state index in [1.807, 2.05) is 12.1 Å². The fraction of sp³-hybridized carbons (Fsp3) is 0.235. The van der Waals surface area contributed by atoms with E-state index >= 15 is 0 Å². The standard InChI is InChI=1S/C17H16ClNO3/c18-14-4-1-11(2-5-14)15(10-20)19-17(21)13-3-6-16-12(9-13)7-8-22-16/h1-6,9,15,20H,7-8,10H2,(H,19,21). The molecule has 114 valence electrons. The Morgan fingerprint density at radius 2 is 2.05 bits per heavy atom. The summed E-state index contributed by atoms with van der Waals surface area (Å²) in [6.07, 6.45) is 0.817. The van der Waals surface area contributed by atoms with Crippen LogP contribution in [-0.4, -0.2) is 24.2 Å². The Kier molecular flexibility index (Phi) is 4.32. The first kappa shape index (κ1) is 14.9. The van der Waals surface area contributed by atoms with Crippen molar-refractivity contribution in [3.63, 3.8) is 0 Å². The van der Waals surface area contributed by atoms with Crippen molar-refractivity contribution in [3.8, 4) is 5.75 Å². The number of benzene rings is 2. The van der Waals surface area contributed by atoms with Crippen molar-refractivity contribution in [2.75, 3.05) is 13.2 Å². The minimum Gasteiger partial charge on any atom is -0.493 e. The van der Waals surface area contributed by atoms with E-state index in [2.05, 4.69) is 5.32 Å². The minimum atomic E-state index is -0.464. The fourth-order valence-electron chi connectivity index (χ4n) is 2.50. The molecule has 0 radical (unpaired) electrons. The van der Waals surface area contributed by atoms with Gasteiger partial charge in [-0.15, -0.1) is 0 Å². The van der Waals surface area contributed by atoms with Gasteiger partial charge in [0.15, 0.2) is 0 Å². The lowest BCUT2D eigenvalue weighted by Gasteiger charge is -2.17. The van der Waals surface area contributed by atoms with Crippen LogP contribution >= 0.6 is 11.6 Å². The van der Waals surface area contributed by atoms with Gasteiger partial charge in [-0.1, -0.05) is 23.7 Å². The van der Waals surface area contributed by atoms with E-state index < -0.39 is 6.04 Å². The maximum atomic E-state index is 12.4. The Bertz CT molecular complexity index is 685. The Hall–Kier alpha value is -2.04. The molecule has 4 nitrogen and oxygen atoms in total. The van der Waals surface area contributed by atoms with Crippen LogP contribution in [0.3, 0.4) is 0 Å². The summed E-state index contributed by atoms with van der Waals surface area (Å²) < 4.78 is 5.43. The summed E-state index contributed by atoms with van der Waals surface area (Å²) >= 11 is 5.85. The third-order valence-electron chi connectivity index (χ3n) is 3.71. The van der Waals surface area contributed by atoms with E-state index in [4.69, 9.17) is 16.3 Å². The highest BCUT2D eigenvalue weighted by atomic mass is 35.5. The van der Waals surface area contributed by atoms with Crippen molar-refractivity contribution < 1.29 is 14.6 Å². The van der Waals surface area contributed by atoms with Crippen molar-refractivity contribution in [2.24, 2.45) is 0 Å². The predicted molar refractivity (Wildman–Crippen MR) is 84.4 cm³/mol. The van der Waals surface area contributed by atoms with E-state index in [1.54, 1.807) is 30.3 Å². The van der Waals surface area contributed by atoms with E-state index in [9.17, 15) is 9.90 Å². The third kappa shape index (κ3) is 3.08. The number of hydrogen-bond donors (Lipinski definition) is 2. The molecule has 2 aromatic rings. The molecule has 22 heavy (non-hydrogen) atoms. The van der Waals surface area contributed by atoms with Gasteiger partial charge in [0.05, 0.1) is 19.3 Å². The van der Waals surface area contributed by atoms with Crippen LogP contribution in [0.2, 0.25) is 5.02 Å². The SMILES string of the molecule is O=C(NC(CO)c1ccc(Cl)cc1)c1ccc2c(c1)CCO2. The van der Waals surface area contributed by atoms with Gasteiger partial charge >= 0.3 is 0 Å². The van der Waals surface area contributed by atoms with Crippen LogP contribution in [0, 0.1) is 0 Å². The van der Waals surface area contributed by atoms with Gasteiger partial charge in [-0.3, -0.25) is 4.79 Å². The molecule has 1 aliphatic rings. The molecule has 0 saturated heterocycles. The van der Waals surface area contributed by atoms with Gasteiger partial charge in [-0.2, -0.15) is 0 Å². The zero-order valence-electron chi connectivity index (χ0n) is 11.9. The summed E-state index contributed by atoms with van der Waals surface area (Å²) in [5.41, 5.74) is 2.42. The van der Waals surface area contributed by atoms with Crippen LogP contribution in [0.4, 0.5) is 0 Å². The second-order valence-corrected chi connectivity index (χ2v) is 5.62. The van der Waals surface area contributed by atoms with E-state index in [0.717, 1.165) is 23.3 Å². The maximum Gasteiger partial charge on any atom is 0.251 e. The molecular weight excluding hydrogens is 302 g/mol. The quantitative estimate of drug-likeness (QED) is 0.911. The molecule has 1 atom stereocenters. The Morgan fingerprint density at radius 3 is 2.77 bits per heavy atom. The molecule has 1 unspecified atom stereocenters. The number of amides is 1. The molecule has 3 rings (SSSR count). The molecule has 0 spiro atoms. The summed E-state index contributed by atoms with van der Waals surface area (Å²) in [5, 5.41) is 13.0. The molecule has 2 aromatic carbocycles. The average Bonchev–Trinajstić information content (AvgIpc) is 3.01. The molecule has 0 saturated carbocycles. The van der Waals surface area contributed by atoms with Gasteiger partial charge in [0.1, 0.15) is 5.75 Å². The first-order chi connectivity index (χ1) is 10.7. The zero-order chi connectivity index (χ0) is 15.5. The number of carbonyl (C=O) groups excluding carboxylic acids is 1. The van der Waals surface area contributed by atoms with Crippen molar-refractivity contribution in [2.45, 2.75) is 12.5 Å². The van der Waals surface area contributed by atoms with Crippen LogP contribution in [-0.2, 0) is 6.42 Å². The summed E-state index contributed by atoms with van der Waals surface area (Å²) in [7, 11) is 0. The topological polar surface area (TPSA) is 58.6 Å². The van der Waals surface area contributed by atoms with Crippen LogP contribution < -0.4 is 10.1 Å². The third-order valence-corrected chi connectivity index (χ3v) is 3.96. The van der Waals surface area contributed by atoms with Crippen LogP contribution in [0.25, 0.3) is 0 Å². The number of halogens is 1. The van der Waals surface area contributed by atoms with Gasteiger partial charge in [0, 0.05) is 17.0 Å². The maximum absolute atomic E-state index is 12.4. The molecule has 1 aliphatic heterocycles. The number of ether oxygens (including phenoxy) is 1. The molecular formula is C17H16ClNO3. The number of nitrogens with one attached hydrogen (secondary N) is 1. The van der Waals surface area contributed by atoms with Crippen molar-refractivity contribution in [1.29, 1.82) is 0 Å². The Balaban J connectivity index is 1.76. The monoisotopic (exact) mass is 317 g/mol. The predicted octanol–water partition coefficient (Wildman–Crippen LogP) is 2.74. The van der Waals surface area contributed by atoms with Crippen molar-refractivity contribution in [3.05, 3.63) is 64.2 Å². The van der Waals surface area contributed by atoms with Gasteiger partial charge in [-0.05, 0) is 41.5 Å². The van der Waals surface area contributed by atoms with E-state index in [1.165, 1.54) is 0 Å². The number of rotatable bonds is 4. The van der Waals surface area contributed by atoms with Crippen molar-refractivity contribution in [1.82, 2.24) is 5.32 Å². The minimum absolute atomic E-state index is 0.179. The van der Waals surface area contributed by atoms with Crippen LogP contribution in [0.5, 0.6) is 5.75 Å². The highest BCUT2D eigenvalue weighted by Crippen LogP contribution is 2.26. The van der Waals surface area contributed by atoms with Gasteiger partial charge < -0.3 is 15.2 Å². The lowest BCUT2D eigenvalue weighted by atomic mass is 10.1. The Morgan fingerprint density at radius 1 is 1.27 bits per heavy atom. The number of aliphatic hydroxyl groups excluding tert-OH is 1. The first-order valence-corrected chi connectivity index (χ1v) is 7.48. The van der Waals surface area contributed by atoms with E-state index in [0.29, 0.717) is 17.2 Å². The summed E-state index contributed by atoms with van der Waals surface area (Å²) in [6, 6.07) is 12.0. The van der Waals surface area contributed by atoms with Gasteiger partial charge in [-0.25, -0.2) is 0 Å². The Labute approximate surface area is 133 Å². The van der Waals surface area contributed by atoms with Crippen LogP contribution in [0.1, 0.15) is 27.5 Å².